The molecule has 0 bridgehead atoms. The van der Waals surface area contributed by atoms with Gasteiger partial charge in [-0.3, -0.25) is 0 Å². The molecule has 0 aromatic rings. The van der Waals surface area contributed by atoms with E-state index < -0.39 is 0 Å². The van der Waals surface area contributed by atoms with Crippen LogP contribution in [0.3, 0.4) is 0 Å². The molecule has 0 radical (unpaired) electrons. The second kappa shape index (κ2) is 57.8. The van der Waals surface area contributed by atoms with Crippen molar-refractivity contribution in [3.8, 4) is 391 Å². The fourth-order valence-electron chi connectivity index (χ4n) is 2.41. The Balaban J connectivity index is 0. The third-order valence-electron chi connectivity index (χ3n) is 5.13. The molecule has 322 valence electrons. The van der Waals surface area contributed by atoms with Crippen molar-refractivity contribution in [3.63, 3.8) is 0 Å². The van der Waals surface area contributed by atoms with Crippen LogP contribution in [0, 0.1) is 397 Å². The molecular weight excluding hydrogens is 921 g/mol. The largest absolute Gasteiger partial charge is 0.165 e. The van der Waals surface area contributed by atoms with E-state index in [0.29, 0.717) is 5.41 Å². The molecule has 0 aliphatic carbocycles. The van der Waals surface area contributed by atoms with Gasteiger partial charge in [0.15, 0.2) is 0 Å². The van der Waals surface area contributed by atoms with Gasteiger partial charge in [0.1, 0.15) is 0 Å². The van der Waals surface area contributed by atoms with Crippen molar-refractivity contribution < 1.29 is 0 Å². The summed E-state index contributed by atoms with van der Waals surface area (Å²) in [5.74, 6) is 163. The van der Waals surface area contributed by atoms with Gasteiger partial charge in [-0.1, -0.05) is 26.7 Å². The Morgan fingerprint density at radius 1 is 0.227 bits per heavy atom. The fourth-order valence-corrected chi connectivity index (χ4v) is 3.23. The Hall–Kier alpha value is -14.2. The van der Waals surface area contributed by atoms with Crippen LogP contribution >= 0.6 is 11.8 Å². The summed E-state index contributed by atoms with van der Waals surface area (Å²) in [6, 6.07) is 0. The molecule has 0 saturated heterocycles. The molecule has 75 heavy (non-hydrogen) atoms. The number of hydrogen-bond acceptors (Lipinski definition) is 1. The van der Waals surface area contributed by atoms with Crippen LogP contribution in [0.25, 0.3) is 0 Å². The maximum Gasteiger partial charge on any atom is 0 e. The standard InChI is InChI=1S/C67H4.C7H16S/c1-3-5-7-9-11-13-15-17-19-21-23-25-27-29-31-33-35-37-39-41-43-45-47-49-51-53-55-57-59-61-63-65-67-66-64-62-60-58-56-54-52-50-48-46-44-42-40-38-36-34-32-30-28-26-24-22-20-18-16-14-12-10-8-6-4-2;1-7(2,3)5-6-8-4/h1H,2H3;5-6H2,1-4H3. The van der Waals surface area contributed by atoms with Gasteiger partial charge in [0, 0.05) is 284 Å². The van der Waals surface area contributed by atoms with E-state index >= 15 is 0 Å². The number of terminal acetylenes is 1. The summed E-state index contributed by atoms with van der Waals surface area (Å²) in [7, 11) is 0. The van der Waals surface area contributed by atoms with Crippen molar-refractivity contribution in [1.29, 1.82) is 0 Å². The van der Waals surface area contributed by atoms with Gasteiger partial charge in [0.05, 0.1) is 0 Å². The molecule has 0 aliphatic heterocycles. The molecule has 0 unspecified atom stereocenters. The summed E-state index contributed by atoms with van der Waals surface area (Å²) in [6.45, 7) is 8.53. The molecule has 0 spiro atoms. The van der Waals surface area contributed by atoms with E-state index in [1.807, 2.05) is 11.8 Å². The number of rotatable bonds is 2. The first-order valence-electron chi connectivity index (χ1n) is 19.8. The Bertz CT molecular complexity index is 4530. The Morgan fingerprint density at radius 2 is 0.347 bits per heavy atom. The lowest BCUT2D eigenvalue weighted by Gasteiger charge is -2.16. The zero-order chi connectivity index (χ0) is 54.6. The normalized spacial score (nSPS) is 4.80. The lowest BCUT2D eigenvalue weighted by Crippen LogP contribution is -2.05. The highest BCUT2D eigenvalue weighted by atomic mass is 32.2. The molecule has 0 amide bonds. The molecule has 0 aromatic heterocycles. The van der Waals surface area contributed by atoms with Crippen molar-refractivity contribution in [3.05, 3.63) is 0 Å². The third kappa shape index (κ3) is 66.6. The first-order chi connectivity index (χ1) is 37.0. The first-order valence-corrected chi connectivity index (χ1v) is 21.2. The van der Waals surface area contributed by atoms with E-state index in [0.717, 1.165) is 0 Å². The third-order valence-corrected chi connectivity index (χ3v) is 5.74. The molecule has 0 saturated carbocycles. The van der Waals surface area contributed by atoms with E-state index in [4.69, 9.17) is 6.42 Å². The zero-order valence-electron chi connectivity index (χ0n) is 40.4. The van der Waals surface area contributed by atoms with E-state index in [-0.39, 0.29) is 0 Å². The highest BCUT2D eigenvalue weighted by molar-refractivity contribution is 7.98. The maximum atomic E-state index is 4.95. The lowest BCUT2D eigenvalue weighted by molar-refractivity contribution is 0.401. The van der Waals surface area contributed by atoms with Crippen LogP contribution in [-0.4, -0.2) is 12.0 Å². The van der Waals surface area contributed by atoms with Gasteiger partial charge in [-0.05, 0) is 125 Å². The first kappa shape index (κ1) is 62.9. The molecule has 1 heteroatoms. The molecule has 0 aromatic carbocycles. The predicted octanol–water partition coefficient (Wildman–Crippen LogP) is 3.53. The Morgan fingerprint density at radius 3 is 0.427 bits per heavy atom. The minimum Gasteiger partial charge on any atom is -0.165 e. The summed E-state index contributed by atoms with van der Waals surface area (Å²) in [4.78, 5) is 0. The van der Waals surface area contributed by atoms with Crippen LogP contribution in [-0.2, 0) is 0 Å². The summed E-state index contributed by atoms with van der Waals surface area (Å²) in [5, 5.41) is 0. The van der Waals surface area contributed by atoms with Gasteiger partial charge in [-0.25, -0.2) is 0 Å². The van der Waals surface area contributed by atoms with Crippen LogP contribution in [0.1, 0.15) is 34.1 Å². The van der Waals surface area contributed by atoms with Crippen molar-refractivity contribution in [2.24, 2.45) is 5.41 Å². The summed E-state index contributed by atoms with van der Waals surface area (Å²) >= 11 is 1.93. The highest BCUT2D eigenvalue weighted by Gasteiger charge is 2.07. The van der Waals surface area contributed by atoms with E-state index in [1.165, 1.54) is 12.2 Å². The van der Waals surface area contributed by atoms with Crippen molar-refractivity contribution in [1.82, 2.24) is 0 Å². The second-order valence-electron chi connectivity index (χ2n) is 11.6. The minimum atomic E-state index is 0.531. The molecule has 0 nitrogen and oxygen atoms in total. The van der Waals surface area contributed by atoms with Gasteiger partial charge in [-0.15, -0.1) is 6.42 Å². The smallest absolute Gasteiger partial charge is 0 e. The SMILES string of the molecule is C#CC#CC#CC#CC#CC#CC#CC#CC#CC#CC#CC#CC#CC#CC#CC#CC#CC#CC#CC#CC#CC#CC#CC#CC#CC#CC#CC#CC#CC#CC#CC#CC#CC.CSCCC(C)(C)C. The minimum absolute atomic E-state index is 0.531. The number of thioether (sulfide) groups is 1. The molecule has 0 rings (SSSR count). The Kier molecular flexibility index (Phi) is 48.5. The highest BCUT2D eigenvalue weighted by Crippen LogP contribution is 2.19. The van der Waals surface area contributed by atoms with Crippen LogP contribution in [0.5, 0.6) is 0 Å². The summed E-state index contributed by atoms with van der Waals surface area (Å²) in [5.41, 5.74) is 0.531. The van der Waals surface area contributed by atoms with E-state index in [2.05, 4.69) is 412 Å². The molecular formula is C74H20S. The number of hydrogen-bond donors (Lipinski definition) is 0. The lowest BCUT2D eigenvalue weighted by atomic mass is 9.94. The molecule has 0 aliphatic rings. The van der Waals surface area contributed by atoms with E-state index in [9.17, 15) is 0 Å². The fraction of sp³-hybridized carbons (Fsp3) is 0.108. The monoisotopic (exact) mass is 940 g/mol. The zero-order valence-corrected chi connectivity index (χ0v) is 41.2. The molecule has 0 atom stereocenters. The quantitative estimate of drug-likeness (QED) is 0.383. The average molecular weight is 941 g/mol. The van der Waals surface area contributed by atoms with Crippen LogP contribution < -0.4 is 0 Å². The van der Waals surface area contributed by atoms with Crippen LogP contribution in [0.15, 0.2) is 0 Å². The van der Waals surface area contributed by atoms with Crippen molar-refractivity contribution >= 4 is 11.8 Å². The van der Waals surface area contributed by atoms with Crippen LogP contribution in [0.4, 0.5) is 0 Å². The second-order valence-corrected chi connectivity index (χ2v) is 12.6. The van der Waals surface area contributed by atoms with Gasteiger partial charge in [-0.2, -0.15) is 11.8 Å². The predicted molar refractivity (Wildman–Crippen MR) is 306 cm³/mol. The summed E-state index contributed by atoms with van der Waals surface area (Å²) in [6.07, 6.45) is 8.43. The summed E-state index contributed by atoms with van der Waals surface area (Å²) < 4.78 is 0. The van der Waals surface area contributed by atoms with Crippen molar-refractivity contribution in [2.45, 2.75) is 34.1 Å². The topological polar surface area (TPSA) is 0 Å². The Labute approximate surface area is 451 Å². The van der Waals surface area contributed by atoms with Gasteiger partial charge >= 0.3 is 0 Å². The maximum absolute atomic E-state index is 4.95. The van der Waals surface area contributed by atoms with Gasteiger partial charge < -0.3 is 0 Å². The molecule has 0 N–H and O–H groups in total. The van der Waals surface area contributed by atoms with E-state index in [1.54, 1.807) is 6.92 Å². The van der Waals surface area contributed by atoms with Crippen molar-refractivity contribution in [2.75, 3.05) is 12.0 Å². The van der Waals surface area contributed by atoms with Crippen LogP contribution in [0.2, 0.25) is 0 Å². The van der Waals surface area contributed by atoms with Gasteiger partial charge in [0.25, 0.3) is 0 Å². The average Bonchev–Trinajstić information content (AvgIpc) is 3.40. The molecule has 0 fully saturated rings. The molecule has 0 heterocycles. The van der Waals surface area contributed by atoms with Gasteiger partial charge in [0.2, 0.25) is 0 Å².